The van der Waals surface area contributed by atoms with E-state index in [0.29, 0.717) is 13.1 Å². The topological polar surface area (TPSA) is 65.2 Å². The number of aromatic amines is 1. The van der Waals surface area contributed by atoms with E-state index in [0.717, 1.165) is 45.3 Å². The number of amides is 2. The number of benzene rings is 2. The molecule has 3 rings (SSSR count). The molecule has 0 atom stereocenters. The first-order valence-corrected chi connectivity index (χ1v) is 9.63. The third kappa shape index (κ3) is 4.25. The number of fused-ring (bicyclic) bond motifs is 1. The molecule has 0 radical (unpaired) electrons. The van der Waals surface area contributed by atoms with Gasteiger partial charge >= 0.3 is 6.03 Å². The number of nitrogens with zero attached hydrogens (tertiary/aromatic N) is 1. The highest BCUT2D eigenvalue weighted by Gasteiger charge is 2.17. The van der Waals surface area contributed by atoms with Crippen LogP contribution in [0.25, 0.3) is 10.9 Å². The molecule has 0 fully saturated rings. The smallest absolute Gasteiger partial charge is 0.322 e. The van der Waals surface area contributed by atoms with Crippen molar-refractivity contribution >= 4 is 22.6 Å². The van der Waals surface area contributed by atoms with E-state index in [1.807, 2.05) is 52.0 Å². The first kappa shape index (κ1) is 19.7. The number of aromatic nitrogens is 1. The molecule has 28 heavy (non-hydrogen) atoms. The molecule has 1 aromatic heterocycles. The Morgan fingerprint density at radius 3 is 2.54 bits per heavy atom. The summed E-state index contributed by atoms with van der Waals surface area (Å²) < 4.78 is 0. The second kappa shape index (κ2) is 8.30. The van der Waals surface area contributed by atoms with E-state index in [-0.39, 0.29) is 11.6 Å². The largest absolute Gasteiger partial charge is 0.322 e. The summed E-state index contributed by atoms with van der Waals surface area (Å²) >= 11 is 0. The van der Waals surface area contributed by atoms with E-state index in [2.05, 4.69) is 22.4 Å². The van der Waals surface area contributed by atoms with Crippen LogP contribution < -0.4 is 10.9 Å². The van der Waals surface area contributed by atoms with Crippen molar-refractivity contribution < 1.29 is 4.79 Å². The number of carbonyl (C=O) groups is 1. The Morgan fingerprint density at radius 2 is 1.82 bits per heavy atom. The zero-order valence-corrected chi connectivity index (χ0v) is 16.9. The van der Waals surface area contributed by atoms with Gasteiger partial charge in [0.05, 0.1) is 5.52 Å². The zero-order valence-electron chi connectivity index (χ0n) is 16.9. The SMILES string of the molecule is CCCN(Cc1cc(=O)[nH]c2c(C)cc(C)cc12)C(=O)Nc1ccccc1C. The van der Waals surface area contributed by atoms with Gasteiger partial charge in [0.15, 0.2) is 0 Å². The van der Waals surface area contributed by atoms with Gasteiger partial charge in [0.25, 0.3) is 0 Å². The summed E-state index contributed by atoms with van der Waals surface area (Å²) in [6, 6.07) is 13.3. The summed E-state index contributed by atoms with van der Waals surface area (Å²) in [5.41, 5.74) is 5.52. The predicted molar refractivity (Wildman–Crippen MR) is 115 cm³/mol. The van der Waals surface area contributed by atoms with Crippen LogP contribution in [0, 0.1) is 20.8 Å². The number of pyridine rings is 1. The third-order valence-corrected chi connectivity index (χ3v) is 4.91. The lowest BCUT2D eigenvalue weighted by atomic mass is 10.0. The monoisotopic (exact) mass is 377 g/mol. The molecule has 5 nitrogen and oxygen atoms in total. The minimum atomic E-state index is -0.158. The Morgan fingerprint density at radius 1 is 1.07 bits per heavy atom. The predicted octanol–water partition coefficient (Wildman–Crippen LogP) is 4.90. The Kier molecular flexibility index (Phi) is 5.83. The molecule has 1 heterocycles. The van der Waals surface area contributed by atoms with Gasteiger partial charge in [0.1, 0.15) is 0 Å². The third-order valence-electron chi connectivity index (χ3n) is 4.91. The Hall–Kier alpha value is -3.08. The van der Waals surface area contributed by atoms with Gasteiger partial charge in [-0.3, -0.25) is 4.79 Å². The summed E-state index contributed by atoms with van der Waals surface area (Å²) in [6.07, 6.45) is 0.834. The minimum Gasteiger partial charge on any atom is -0.322 e. The molecule has 0 aliphatic rings. The van der Waals surface area contributed by atoms with Crippen LogP contribution in [0.2, 0.25) is 0 Å². The van der Waals surface area contributed by atoms with Crippen LogP contribution in [-0.4, -0.2) is 22.5 Å². The van der Waals surface area contributed by atoms with Crippen LogP contribution in [0.4, 0.5) is 10.5 Å². The number of anilines is 1. The zero-order chi connectivity index (χ0) is 20.3. The highest BCUT2D eigenvalue weighted by atomic mass is 16.2. The van der Waals surface area contributed by atoms with Crippen molar-refractivity contribution in [3.05, 3.63) is 75.1 Å². The molecule has 0 spiro atoms. The molecule has 2 amide bonds. The number of rotatable bonds is 5. The van der Waals surface area contributed by atoms with E-state index in [1.165, 1.54) is 0 Å². The molecule has 2 aromatic carbocycles. The van der Waals surface area contributed by atoms with Crippen LogP contribution in [-0.2, 0) is 6.54 Å². The number of nitrogens with one attached hydrogen (secondary N) is 2. The van der Waals surface area contributed by atoms with Crippen molar-refractivity contribution in [2.45, 2.75) is 40.7 Å². The lowest BCUT2D eigenvalue weighted by molar-refractivity contribution is 0.209. The Bertz CT molecular complexity index is 1070. The lowest BCUT2D eigenvalue weighted by Crippen LogP contribution is -2.35. The average molecular weight is 377 g/mol. The van der Waals surface area contributed by atoms with E-state index in [4.69, 9.17) is 0 Å². The molecule has 0 aliphatic carbocycles. The van der Waals surface area contributed by atoms with E-state index >= 15 is 0 Å². The number of carbonyl (C=O) groups excluding carboxylic acids is 1. The van der Waals surface area contributed by atoms with Crippen LogP contribution in [0.15, 0.2) is 47.3 Å². The number of hydrogen-bond donors (Lipinski definition) is 2. The fraction of sp³-hybridized carbons (Fsp3) is 0.304. The Balaban J connectivity index is 1.95. The number of urea groups is 1. The summed E-state index contributed by atoms with van der Waals surface area (Å²) in [6.45, 7) is 9.03. The quantitative estimate of drug-likeness (QED) is 0.664. The summed E-state index contributed by atoms with van der Waals surface area (Å²) in [5.74, 6) is 0. The molecule has 0 aliphatic heterocycles. The summed E-state index contributed by atoms with van der Waals surface area (Å²) in [4.78, 5) is 29.8. The van der Waals surface area contributed by atoms with Gasteiger partial charge in [-0.15, -0.1) is 0 Å². The van der Waals surface area contributed by atoms with Gasteiger partial charge in [-0.25, -0.2) is 4.79 Å². The Labute approximate surface area is 165 Å². The van der Waals surface area contributed by atoms with Gasteiger partial charge < -0.3 is 15.2 Å². The van der Waals surface area contributed by atoms with Gasteiger partial charge in [0, 0.05) is 30.2 Å². The fourth-order valence-corrected chi connectivity index (χ4v) is 3.55. The molecule has 0 saturated heterocycles. The number of aryl methyl sites for hydroxylation is 3. The van der Waals surface area contributed by atoms with E-state index in [9.17, 15) is 9.59 Å². The van der Waals surface area contributed by atoms with Gasteiger partial charge in [0.2, 0.25) is 5.56 Å². The lowest BCUT2D eigenvalue weighted by Gasteiger charge is -2.24. The molecule has 5 heteroatoms. The first-order chi connectivity index (χ1) is 13.4. The van der Waals surface area contributed by atoms with Crippen LogP contribution in [0.5, 0.6) is 0 Å². The maximum Gasteiger partial charge on any atom is 0.322 e. The molecule has 2 N–H and O–H groups in total. The molecular weight excluding hydrogens is 350 g/mol. The molecule has 3 aromatic rings. The van der Waals surface area contributed by atoms with Crippen molar-refractivity contribution in [2.75, 3.05) is 11.9 Å². The van der Waals surface area contributed by atoms with Crippen molar-refractivity contribution in [3.8, 4) is 0 Å². The maximum absolute atomic E-state index is 12.9. The van der Waals surface area contributed by atoms with Crippen LogP contribution in [0.1, 0.15) is 35.6 Å². The first-order valence-electron chi connectivity index (χ1n) is 9.63. The highest BCUT2D eigenvalue weighted by molar-refractivity contribution is 5.91. The van der Waals surface area contributed by atoms with Gasteiger partial charge in [-0.2, -0.15) is 0 Å². The van der Waals surface area contributed by atoms with Crippen LogP contribution in [0.3, 0.4) is 0 Å². The van der Waals surface area contributed by atoms with Gasteiger partial charge in [-0.05, 0) is 56.0 Å². The number of para-hydroxylation sites is 1. The van der Waals surface area contributed by atoms with Crippen molar-refractivity contribution in [1.29, 1.82) is 0 Å². The molecular formula is C23H27N3O2. The molecule has 0 saturated carbocycles. The standard InChI is InChI=1S/C23H27N3O2/c1-5-10-26(23(28)24-20-9-7-6-8-16(20)3)14-18-13-21(27)25-22-17(4)11-15(2)12-19(18)22/h6-9,11-13H,5,10,14H2,1-4H3,(H,24,28)(H,25,27). The van der Waals surface area contributed by atoms with E-state index < -0.39 is 0 Å². The maximum atomic E-state index is 12.9. The molecule has 0 unspecified atom stereocenters. The van der Waals surface area contributed by atoms with Crippen molar-refractivity contribution in [3.63, 3.8) is 0 Å². The second-order valence-corrected chi connectivity index (χ2v) is 7.33. The highest BCUT2D eigenvalue weighted by Crippen LogP contribution is 2.23. The number of H-pyrrole nitrogens is 1. The summed E-state index contributed by atoms with van der Waals surface area (Å²) in [5, 5.41) is 3.99. The average Bonchev–Trinajstić information content (AvgIpc) is 2.64. The molecule has 146 valence electrons. The fourth-order valence-electron chi connectivity index (χ4n) is 3.55. The molecule has 0 bridgehead atoms. The van der Waals surface area contributed by atoms with Crippen LogP contribution >= 0.6 is 0 Å². The van der Waals surface area contributed by atoms with E-state index in [1.54, 1.807) is 11.0 Å². The van der Waals surface area contributed by atoms with Crippen molar-refractivity contribution in [2.24, 2.45) is 0 Å². The minimum absolute atomic E-state index is 0.148. The summed E-state index contributed by atoms with van der Waals surface area (Å²) in [7, 11) is 0. The van der Waals surface area contributed by atoms with Crippen molar-refractivity contribution in [1.82, 2.24) is 9.88 Å². The normalized spacial score (nSPS) is 10.9. The number of hydrogen-bond acceptors (Lipinski definition) is 2. The second-order valence-electron chi connectivity index (χ2n) is 7.33. The van der Waals surface area contributed by atoms with Gasteiger partial charge in [-0.1, -0.05) is 36.8 Å².